The molecule has 1 saturated heterocycles. The van der Waals surface area contributed by atoms with Gasteiger partial charge in [0, 0.05) is 19.6 Å². The molecule has 1 heterocycles. The predicted molar refractivity (Wildman–Crippen MR) is 62.4 cm³/mol. The van der Waals surface area contributed by atoms with E-state index in [4.69, 9.17) is 10.2 Å². The van der Waals surface area contributed by atoms with Crippen molar-refractivity contribution in [2.45, 2.75) is 38.5 Å². The molecule has 1 aliphatic heterocycles. The van der Waals surface area contributed by atoms with Crippen LogP contribution in [0.3, 0.4) is 0 Å². The number of aliphatic carboxylic acids is 1. The lowest BCUT2D eigenvalue weighted by Gasteiger charge is -2.32. The maximum absolute atomic E-state index is 10.3. The van der Waals surface area contributed by atoms with E-state index in [0.29, 0.717) is 5.92 Å². The van der Waals surface area contributed by atoms with Crippen LogP contribution in [0.25, 0.3) is 0 Å². The van der Waals surface area contributed by atoms with Gasteiger partial charge in [-0.15, -0.1) is 0 Å². The smallest absolute Gasteiger partial charge is 0.303 e. The van der Waals surface area contributed by atoms with Gasteiger partial charge in [-0.2, -0.15) is 0 Å². The number of hydrogen-bond acceptors (Lipinski definition) is 3. The number of piperidine rings is 1. The Bertz CT molecular complexity index is 206. The summed E-state index contributed by atoms with van der Waals surface area (Å²) in [6.07, 6.45) is 5.38. The summed E-state index contributed by atoms with van der Waals surface area (Å²) in [5.41, 5.74) is 0. The first-order chi connectivity index (χ1) is 7.72. The van der Waals surface area contributed by atoms with Crippen LogP contribution >= 0.6 is 0 Å². The zero-order valence-corrected chi connectivity index (χ0v) is 9.90. The van der Waals surface area contributed by atoms with Gasteiger partial charge in [0.1, 0.15) is 0 Å². The van der Waals surface area contributed by atoms with Gasteiger partial charge in [-0.05, 0) is 51.1 Å². The molecule has 0 bridgehead atoms. The number of carbonyl (C=O) groups is 1. The highest BCUT2D eigenvalue weighted by molar-refractivity contribution is 5.66. The first-order valence-corrected chi connectivity index (χ1v) is 6.27. The number of carboxylic acids is 1. The zero-order valence-electron chi connectivity index (χ0n) is 9.90. The molecule has 4 nitrogen and oxygen atoms in total. The quantitative estimate of drug-likeness (QED) is 0.647. The Morgan fingerprint density at radius 3 is 2.88 bits per heavy atom. The molecule has 16 heavy (non-hydrogen) atoms. The van der Waals surface area contributed by atoms with Gasteiger partial charge in [0.25, 0.3) is 0 Å². The lowest BCUT2D eigenvalue weighted by atomic mass is 9.95. The van der Waals surface area contributed by atoms with Crippen LogP contribution in [0, 0.1) is 5.92 Å². The topological polar surface area (TPSA) is 60.8 Å². The van der Waals surface area contributed by atoms with Crippen molar-refractivity contribution in [2.75, 3.05) is 26.2 Å². The van der Waals surface area contributed by atoms with Gasteiger partial charge in [0.2, 0.25) is 0 Å². The number of unbranched alkanes of at least 4 members (excludes halogenated alkanes) is 1. The van der Waals surface area contributed by atoms with E-state index in [2.05, 4.69) is 4.90 Å². The Balaban J connectivity index is 2.09. The molecule has 2 N–H and O–H groups in total. The fourth-order valence-corrected chi connectivity index (χ4v) is 2.38. The molecular formula is C12H23NO3. The Kier molecular flexibility index (Phi) is 6.42. The van der Waals surface area contributed by atoms with Crippen molar-refractivity contribution in [1.29, 1.82) is 0 Å². The first kappa shape index (κ1) is 13.5. The van der Waals surface area contributed by atoms with Crippen LogP contribution in [0.2, 0.25) is 0 Å². The highest BCUT2D eigenvalue weighted by Gasteiger charge is 2.18. The summed E-state index contributed by atoms with van der Waals surface area (Å²) in [6, 6.07) is 0. The van der Waals surface area contributed by atoms with E-state index in [1.165, 1.54) is 12.8 Å². The van der Waals surface area contributed by atoms with Crippen molar-refractivity contribution >= 4 is 5.97 Å². The molecule has 0 spiro atoms. The number of nitrogens with zero attached hydrogens (tertiary/aromatic N) is 1. The summed E-state index contributed by atoms with van der Waals surface area (Å²) in [7, 11) is 0. The summed E-state index contributed by atoms with van der Waals surface area (Å²) in [5, 5.41) is 17.4. The van der Waals surface area contributed by atoms with E-state index in [1.807, 2.05) is 0 Å². The molecule has 0 saturated carbocycles. The van der Waals surface area contributed by atoms with Crippen LogP contribution in [0.15, 0.2) is 0 Å². The fraction of sp³-hybridized carbons (Fsp3) is 0.917. The molecule has 94 valence electrons. The van der Waals surface area contributed by atoms with E-state index in [-0.39, 0.29) is 13.0 Å². The molecule has 1 fully saturated rings. The minimum atomic E-state index is -0.697. The maximum atomic E-state index is 10.3. The first-order valence-electron chi connectivity index (χ1n) is 6.27. The summed E-state index contributed by atoms with van der Waals surface area (Å²) in [6.45, 7) is 3.51. The molecule has 0 aromatic rings. The van der Waals surface area contributed by atoms with Crippen molar-refractivity contribution in [1.82, 2.24) is 4.90 Å². The van der Waals surface area contributed by atoms with Crippen LogP contribution in [-0.4, -0.2) is 47.3 Å². The predicted octanol–water partition coefficient (Wildman–Crippen LogP) is 1.34. The molecule has 1 unspecified atom stereocenters. The minimum absolute atomic E-state index is 0.286. The second-order valence-electron chi connectivity index (χ2n) is 4.67. The van der Waals surface area contributed by atoms with Crippen LogP contribution in [-0.2, 0) is 4.79 Å². The standard InChI is InChI=1S/C12H23NO3/c14-9-6-11-4-3-8-13(10-11)7-2-1-5-12(15)16/h11,14H,1-10H2,(H,15,16). The Morgan fingerprint density at radius 1 is 1.38 bits per heavy atom. The molecule has 4 heteroatoms. The number of aliphatic hydroxyl groups excluding tert-OH is 1. The minimum Gasteiger partial charge on any atom is -0.481 e. The molecule has 1 rings (SSSR count). The number of likely N-dealkylation sites (tertiary alicyclic amines) is 1. The normalized spacial score (nSPS) is 22.2. The van der Waals surface area contributed by atoms with Gasteiger partial charge >= 0.3 is 5.97 Å². The molecule has 0 aromatic carbocycles. The largest absolute Gasteiger partial charge is 0.481 e. The Hall–Kier alpha value is -0.610. The van der Waals surface area contributed by atoms with Gasteiger partial charge < -0.3 is 15.1 Å². The molecule has 0 radical (unpaired) electrons. The SMILES string of the molecule is O=C(O)CCCCN1CCCC(CCO)C1. The lowest BCUT2D eigenvalue weighted by molar-refractivity contribution is -0.137. The van der Waals surface area contributed by atoms with Crippen LogP contribution < -0.4 is 0 Å². The average Bonchev–Trinajstić information content (AvgIpc) is 2.25. The van der Waals surface area contributed by atoms with Gasteiger partial charge in [-0.1, -0.05) is 0 Å². The van der Waals surface area contributed by atoms with Crippen molar-refractivity contribution < 1.29 is 15.0 Å². The molecule has 0 amide bonds. The highest BCUT2D eigenvalue weighted by Crippen LogP contribution is 2.19. The fourth-order valence-electron chi connectivity index (χ4n) is 2.38. The second-order valence-corrected chi connectivity index (χ2v) is 4.67. The summed E-state index contributed by atoms with van der Waals surface area (Å²) < 4.78 is 0. The van der Waals surface area contributed by atoms with Gasteiger partial charge in [0.05, 0.1) is 0 Å². The number of aliphatic hydroxyl groups is 1. The van der Waals surface area contributed by atoms with Gasteiger partial charge in [-0.3, -0.25) is 4.79 Å². The van der Waals surface area contributed by atoms with Crippen molar-refractivity contribution in [2.24, 2.45) is 5.92 Å². The number of carboxylic acid groups (broad SMARTS) is 1. The average molecular weight is 229 g/mol. The lowest BCUT2D eigenvalue weighted by Crippen LogP contribution is -2.36. The maximum Gasteiger partial charge on any atom is 0.303 e. The summed E-state index contributed by atoms with van der Waals surface area (Å²) in [4.78, 5) is 12.8. The molecular weight excluding hydrogens is 206 g/mol. The van der Waals surface area contributed by atoms with Gasteiger partial charge in [-0.25, -0.2) is 0 Å². The van der Waals surface area contributed by atoms with Crippen LogP contribution in [0.4, 0.5) is 0 Å². The van der Waals surface area contributed by atoms with Gasteiger partial charge in [0.15, 0.2) is 0 Å². The third-order valence-corrected chi connectivity index (χ3v) is 3.26. The Labute approximate surface area is 97.3 Å². The monoisotopic (exact) mass is 229 g/mol. The number of hydrogen-bond donors (Lipinski definition) is 2. The summed E-state index contributed by atoms with van der Waals surface area (Å²) in [5.74, 6) is -0.0602. The van der Waals surface area contributed by atoms with E-state index >= 15 is 0 Å². The van der Waals surface area contributed by atoms with Crippen LogP contribution in [0.1, 0.15) is 38.5 Å². The van der Waals surface area contributed by atoms with E-state index in [0.717, 1.165) is 38.9 Å². The van der Waals surface area contributed by atoms with Crippen molar-refractivity contribution in [3.8, 4) is 0 Å². The Morgan fingerprint density at radius 2 is 2.19 bits per heavy atom. The second kappa shape index (κ2) is 7.63. The number of rotatable bonds is 7. The third kappa shape index (κ3) is 5.47. The van der Waals surface area contributed by atoms with E-state index < -0.39 is 5.97 Å². The molecule has 1 aliphatic rings. The van der Waals surface area contributed by atoms with E-state index in [9.17, 15) is 4.79 Å². The molecule has 1 atom stereocenters. The molecule has 0 aromatic heterocycles. The highest BCUT2D eigenvalue weighted by atomic mass is 16.4. The zero-order chi connectivity index (χ0) is 11.8. The van der Waals surface area contributed by atoms with Crippen LogP contribution in [0.5, 0.6) is 0 Å². The third-order valence-electron chi connectivity index (χ3n) is 3.26. The van der Waals surface area contributed by atoms with Crippen molar-refractivity contribution in [3.05, 3.63) is 0 Å². The summed E-state index contributed by atoms with van der Waals surface area (Å²) >= 11 is 0. The molecule has 0 aliphatic carbocycles. The van der Waals surface area contributed by atoms with E-state index in [1.54, 1.807) is 0 Å². The van der Waals surface area contributed by atoms with Crippen molar-refractivity contribution in [3.63, 3.8) is 0 Å².